The number of ether oxygens (including phenoxy) is 1. The van der Waals surface area contributed by atoms with Crippen LogP contribution in [0.4, 0.5) is 5.82 Å². The van der Waals surface area contributed by atoms with Crippen molar-refractivity contribution in [2.75, 3.05) is 58.5 Å². The van der Waals surface area contributed by atoms with Crippen molar-refractivity contribution in [1.29, 1.82) is 0 Å². The van der Waals surface area contributed by atoms with Gasteiger partial charge >= 0.3 is 0 Å². The first kappa shape index (κ1) is 17.6. The summed E-state index contributed by atoms with van der Waals surface area (Å²) in [5, 5.41) is 9.79. The van der Waals surface area contributed by atoms with Crippen LogP contribution in [0.15, 0.2) is 12.1 Å². The maximum Gasteiger partial charge on any atom is 0.128 e. The second-order valence-electron chi connectivity index (χ2n) is 7.35. The normalized spacial score (nSPS) is 23.8. The number of aryl methyl sites for hydroxylation is 2. The number of aromatic nitrogens is 1. The molecule has 0 radical (unpaired) electrons. The maximum absolute atomic E-state index is 9.79. The fourth-order valence-corrected chi connectivity index (χ4v) is 4.03. The summed E-state index contributed by atoms with van der Waals surface area (Å²) >= 11 is 0. The molecule has 0 saturated carbocycles. The van der Waals surface area contributed by atoms with Crippen LogP contribution >= 0.6 is 0 Å². The zero-order chi connectivity index (χ0) is 16.9. The Labute approximate surface area is 145 Å². The van der Waals surface area contributed by atoms with Gasteiger partial charge in [-0.05, 0) is 50.3 Å². The second-order valence-corrected chi connectivity index (χ2v) is 7.35. The molecule has 0 aromatic carbocycles. The predicted molar refractivity (Wildman–Crippen MR) is 96.5 cm³/mol. The van der Waals surface area contributed by atoms with Gasteiger partial charge in [0.15, 0.2) is 0 Å². The Morgan fingerprint density at radius 2 is 2.04 bits per heavy atom. The van der Waals surface area contributed by atoms with Crippen molar-refractivity contribution >= 4 is 5.82 Å². The van der Waals surface area contributed by atoms with Crippen molar-refractivity contribution in [3.8, 4) is 0 Å². The monoisotopic (exact) mass is 333 g/mol. The second kappa shape index (κ2) is 8.28. The first-order valence-corrected chi connectivity index (χ1v) is 9.23. The molecule has 2 aliphatic rings. The Balaban J connectivity index is 1.65. The summed E-state index contributed by atoms with van der Waals surface area (Å²) in [6, 6.07) is 4.44. The molecule has 2 atom stereocenters. The molecule has 24 heavy (non-hydrogen) atoms. The Kier molecular flexibility index (Phi) is 6.09. The lowest BCUT2D eigenvalue weighted by Crippen LogP contribution is -2.33. The van der Waals surface area contributed by atoms with Gasteiger partial charge in [-0.1, -0.05) is 6.07 Å². The SMILES string of the molecule is COCCN(C)C[C@@H]1CN(c2ccc3c(n2)CCCC3)C[C@@H]1CO. The highest BCUT2D eigenvalue weighted by Crippen LogP contribution is 2.29. The highest BCUT2D eigenvalue weighted by atomic mass is 16.5. The minimum Gasteiger partial charge on any atom is -0.396 e. The standard InChI is InChI=1S/C19H31N3O2/c1-21(9-10-24-2)11-16-12-22(13-17(16)14-23)19-8-7-15-5-3-4-6-18(15)20-19/h7-8,16-17,23H,3-6,9-14H2,1-2H3/t16-,17-/m1/s1. The number of rotatable bonds is 7. The van der Waals surface area contributed by atoms with Crippen LogP contribution in [0.3, 0.4) is 0 Å². The third-order valence-electron chi connectivity index (χ3n) is 5.52. The van der Waals surface area contributed by atoms with Crippen molar-refractivity contribution in [2.45, 2.75) is 25.7 Å². The van der Waals surface area contributed by atoms with E-state index < -0.39 is 0 Å². The van der Waals surface area contributed by atoms with E-state index in [1.165, 1.54) is 30.5 Å². The van der Waals surface area contributed by atoms with Gasteiger partial charge < -0.3 is 19.6 Å². The molecule has 0 unspecified atom stereocenters. The van der Waals surface area contributed by atoms with Crippen molar-refractivity contribution in [3.63, 3.8) is 0 Å². The number of anilines is 1. The molecule has 0 bridgehead atoms. The fourth-order valence-electron chi connectivity index (χ4n) is 4.03. The van der Waals surface area contributed by atoms with Crippen LogP contribution in [-0.4, -0.2) is 68.5 Å². The number of aliphatic hydroxyl groups is 1. The Hall–Kier alpha value is -1.17. The van der Waals surface area contributed by atoms with Crippen molar-refractivity contribution < 1.29 is 9.84 Å². The molecule has 1 aromatic heterocycles. The number of aliphatic hydroxyl groups excluding tert-OH is 1. The van der Waals surface area contributed by atoms with E-state index in [4.69, 9.17) is 9.72 Å². The van der Waals surface area contributed by atoms with Gasteiger partial charge in [0, 0.05) is 51.5 Å². The highest BCUT2D eigenvalue weighted by Gasteiger charge is 2.33. The van der Waals surface area contributed by atoms with E-state index in [0.29, 0.717) is 11.8 Å². The average molecular weight is 333 g/mol. The summed E-state index contributed by atoms with van der Waals surface area (Å²) in [4.78, 5) is 9.61. The van der Waals surface area contributed by atoms with E-state index in [2.05, 4.69) is 29.0 Å². The molecule has 0 amide bonds. The first-order chi connectivity index (χ1) is 11.7. The lowest BCUT2D eigenvalue weighted by molar-refractivity contribution is 0.136. The molecule has 1 saturated heterocycles. The Bertz CT molecular complexity index is 537. The summed E-state index contributed by atoms with van der Waals surface area (Å²) in [5.41, 5.74) is 2.72. The number of methoxy groups -OCH3 is 1. The number of likely N-dealkylation sites (N-methyl/N-ethyl adjacent to an activating group) is 1. The van der Waals surface area contributed by atoms with Crippen LogP contribution in [0.2, 0.25) is 0 Å². The molecule has 1 N–H and O–H groups in total. The van der Waals surface area contributed by atoms with Crippen LogP contribution in [-0.2, 0) is 17.6 Å². The molecule has 3 rings (SSSR count). The Morgan fingerprint density at radius 3 is 2.83 bits per heavy atom. The quantitative estimate of drug-likeness (QED) is 0.821. The summed E-state index contributed by atoms with van der Waals surface area (Å²) in [6.45, 7) is 4.82. The van der Waals surface area contributed by atoms with E-state index in [1.54, 1.807) is 7.11 Å². The van der Waals surface area contributed by atoms with Gasteiger partial charge in [0.25, 0.3) is 0 Å². The summed E-state index contributed by atoms with van der Waals surface area (Å²) < 4.78 is 5.16. The number of hydrogen-bond acceptors (Lipinski definition) is 5. The van der Waals surface area contributed by atoms with Gasteiger partial charge in [0.2, 0.25) is 0 Å². The van der Waals surface area contributed by atoms with E-state index in [0.717, 1.165) is 45.0 Å². The molecular weight excluding hydrogens is 302 g/mol. The van der Waals surface area contributed by atoms with E-state index in [9.17, 15) is 5.11 Å². The largest absolute Gasteiger partial charge is 0.396 e. The highest BCUT2D eigenvalue weighted by molar-refractivity contribution is 5.44. The lowest BCUT2D eigenvalue weighted by Gasteiger charge is -2.24. The summed E-state index contributed by atoms with van der Waals surface area (Å²) in [5.74, 6) is 1.90. The van der Waals surface area contributed by atoms with Crippen LogP contribution in [0.1, 0.15) is 24.1 Å². The van der Waals surface area contributed by atoms with E-state index in [1.807, 2.05) is 0 Å². The molecule has 1 aliphatic carbocycles. The van der Waals surface area contributed by atoms with Crippen molar-refractivity contribution in [3.05, 3.63) is 23.4 Å². The summed E-state index contributed by atoms with van der Waals surface area (Å²) in [7, 11) is 3.87. The molecule has 1 aliphatic heterocycles. The molecule has 0 spiro atoms. The number of pyridine rings is 1. The lowest BCUT2D eigenvalue weighted by atomic mass is 9.96. The molecule has 5 heteroatoms. The molecule has 5 nitrogen and oxygen atoms in total. The van der Waals surface area contributed by atoms with Crippen LogP contribution in [0.5, 0.6) is 0 Å². The topological polar surface area (TPSA) is 48.8 Å². The number of fused-ring (bicyclic) bond motifs is 1. The van der Waals surface area contributed by atoms with Gasteiger partial charge in [0.1, 0.15) is 5.82 Å². The van der Waals surface area contributed by atoms with Gasteiger partial charge in [-0.25, -0.2) is 4.98 Å². The average Bonchev–Trinajstić information content (AvgIpc) is 3.02. The van der Waals surface area contributed by atoms with Crippen molar-refractivity contribution in [1.82, 2.24) is 9.88 Å². The Morgan fingerprint density at radius 1 is 1.25 bits per heavy atom. The minimum absolute atomic E-state index is 0.254. The number of hydrogen-bond donors (Lipinski definition) is 1. The predicted octanol–water partition coefficient (Wildman–Crippen LogP) is 1.58. The van der Waals surface area contributed by atoms with E-state index in [-0.39, 0.29) is 6.61 Å². The minimum atomic E-state index is 0.254. The molecular formula is C19H31N3O2. The van der Waals surface area contributed by atoms with Crippen LogP contribution in [0, 0.1) is 11.8 Å². The van der Waals surface area contributed by atoms with E-state index >= 15 is 0 Å². The van der Waals surface area contributed by atoms with Gasteiger partial charge in [-0.15, -0.1) is 0 Å². The molecule has 2 heterocycles. The fraction of sp³-hybridized carbons (Fsp3) is 0.737. The van der Waals surface area contributed by atoms with Crippen LogP contribution in [0.25, 0.3) is 0 Å². The third-order valence-corrected chi connectivity index (χ3v) is 5.52. The van der Waals surface area contributed by atoms with Crippen molar-refractivity contribution in [2.24, 2.45) is 11.8 Å². The zero-order valence-corrected chi connectivity index (χ0v) is 15.1. The van der Waals surface area contributed by atoms with Gasteiger partial charge in [-0.3, -0.25) is 0 Å². The third kappa shape index (κ3) is 4.08. The molecule has 134 valence electrons. The summed E-state index contributed by atoms with van der Waals surface area (Å²) in [6.07, 6.45) is 4.84. The number of nitrogens with zero attached hydrogens (tertiary/aromatic N) is 3. The molecule has 1 fully saturated rings. The maximum atomic E-state index is 9.79. The van der Waals surface area contributed by atoms with Gasteiger partial charge in [-0.2, -0.15) is 0 Å². The zero-order valence-electron chi connectivity index (χ0n) is 15.1. The smallest absolute Gasteiger partial charge is 0.128 e. The first-order valence-electron chi connectivity index (χ1n) is 9.23. The van der Waals surface area contributed by atoms with Crippen LogP contribution < -0.4 is 4.90 Å². The molecule has 1 aromatic rings. The van der Waals surface area contributed by atoms with Gasteiger partial charge in [0.05, 0.1) is 6.61 Å².